The van der Waals surface area contributed by atoms with Gasteiger partial charge in [0.05, 0.1) is 7.11 Å². The van der Waals surface area contributed by atoms with Crippen LogP contribution in [0.15, 0.2) is 48.5 Å². The maximum atomic E-state index is 6.10. The predicted octanol–water partition coefficient (Wildman–Crippen LogP) is 5.11. The molecular formula is C24H29NO. The number of para-hydroxylation sites is 1. The summed E-state index contributed by atoms with van der Waals surface area (Å²) in [6, 6.07) is 15.8. The highest BCUT2D eigenvalue weighted by atomic mass is 16.5. The fourth-order valence-corrected chi connectivity index (χ4v) is 4.58. The molecule has 3 atom stereocenters. The lowest BCUT2D eigenvalue weighted by Gasteiger charge is -2.24. The summed E-state index contributed by atoms with van der Waals surface area (Å²) in [6.45, 7) is 0. The first-order valence-corrected chi connectivity index (χ1v) is 9.91. The quantitative estimate of drug-likeness (QED) is 0.834. The van der Waals surface area contributed by atoms with Crippen molar-refractivity contribution in [3.8, 4) is 5.75 Å². The molecule has 0 aromatic heterocycles. The van der Waals surface area contributed by atoms with E-state index >= 15 is 0 Å². The molecule has 1 saturated carbocycles. The van der Waals surface area contributed by atoms with Crippen molar-refractivity contribution < 1.29 is 4.74 Å². The standard InChI is InChI=1S/C24H29NO/c1-26-24-5-3-2-4-18(24)8-6-17-7-9-20-15-21(11-10-19(20)14-17)22-12-13-23(25)16-22/h2-6,8,10-11,15,17,22-23H,7,9,12-14,16,25H2,1H3/b8-6+. The molecule has 2 aromatic carbocycles. The van der Waals surface area contributed by atoms with Gasteiger partial charge in [0.2, 0.25) is 0 Å². The monoisotopic (exact) mass is 347 g/mol. The molecule has 0 spiro atoms. The molecule has 2 heteroatoms. The molecule has 0 saturated heterocycles. The fourth-order valence-electron chi connectivity index (χ4n) is 4.58. The molecule has 0 heterocycles. The summed E-state index contributed by atoms with van der Waals surface area (Å²) in [4.78, 5) is 0. The van der Waals surface area contributed by atoms with Crippen LogP contribution in [0, 0.1) is 5.92 Å². The Bertz CT molecular complexity index is 795. The highest BCUT2D eigenvalue weighted by Crippen LogP contribution is 2.36. The van der Waals surface area contributed by atoms with E-state index in [0.29, 0.717) is 17.9 Å². The van der Waals surface area contributed by atoms with E-state index in [1.807, 2.05) is 12.1 Å². The lowest BCUT2D eigenvalue weighted by molar-refractivity contribution is 0.414. The summed E-state index contributed by atoms with van der Waals surface area (Å²) in [7, 11) is 1.73. The maximum absolute atomic E-state index is 6.10. The molecule has 2 N–H and O–H groups in total. The van der Waals surface area contributed by atoms with E-state index in [1.165, 1.54) is 36.8 Å². The first kappa shape index (κ1) is 17.4. The predicted molar refractivity (Wildman–Crippen MR) is 109 cm³/mol. The largest absolute Gasteiger partial charge is 0.496 e. The van der Waals surface area contributed by atoms with E-state index in [1.54, 1.807) is 12.7 Å². The third-order valence-corrected chi connectivity index (χ3v) is 6.13. The lowest BCUT2D eigenvalue weighted by atomic mass is 9.81. The topological polar surface area (TPSA) is 35.2 Å². The molecule has 0 amide bonds. The Morgan fingerprint density at radius 1 is 1.04 bits per heavy atom. The van der Waals surface area contributed by atoms with Crippen molar-refractivity contribution in [2.45, 2.75) is 50.5 Å². The number of ether oxygens (including phenoxy) is 1. The number of methoxy groups -OCH3 is 1. The zero-order valence-corrected chi connectivity index (χ0v) is 15.7. The van der Waals surface area contributed by atoms with Crippen LogP contribution < -0.4 is 10.5 Å². The third-order valence-electron chi connectivity index (χ3n) is 6.13. The Morgan fingerprint density at radius 2 is 1.92 bits per heavy atom. The van der Waals surface area contributed by atoms with Crippen LogP contribution in [-0.2, 0) is 12.8 Å². The smallest absolute Gasteiger partial charge is 0.126 e. The highest BCUT2D eigenvalue weighted by molar-refractivity contribution is 5.57. The Labute approximate surface area is 157 Å². The Balaban J connectivity index is 1.45. The number of allylic oxidation sites excluding steroid dienone is 1. The second kappa shape index (κ2) is 7.67. The minimum atomic E-state index is 0.403. The molecule has 3 unspecified atom stereocenters. The normalized spacial score (nSPS) is 25.4. The van der Waals surface area contributed by atoms with Crippen molar-refractivity contribution in [2.75, 3.05) is 7.11 Å². The maximum Gasteiger partial charge on any atom is 0.126 e. The van der Waals surface area contributed by atoms with Crippen LogP contribution in [0.5, 0.6) is 5.75 Å². The number of fused-ring (bicyclic) bond motifs is 1. The molecule has 0 bridgehead atoms. The van der Waals surface area contributed by atoms with Gasteiger partial charge in [-0.3, -0.25) is 0 Å². The zero-order chi connectivity index (χ0) is 17.9. The van der Waals surface area contributed by atoms with E-state index in [-0.39, 0.29) is 0 Å². The molecule has 2 nitrogen and oxygen atoms in total. The van der Waals surface area contributed by atoms with Gasteiger partial charge in [-0.2, -0.15) is 0 Å². The summed E-state index contributed by atoms with van der Waals surface area (Å²) in [6.07, 6.45) is 11.7. The molecular weight excluding hydrogens is 318 g/mol. The number of rotatable bonds is 4. The SMILES string of the molecule is COc1ccccc1/C=C/C1CCc2cc(C3CCC(N)C3)ccc2C1. The van der Waals surface area contributed by atoms with Crippen molar-refractivity contribution in [1.82, 2.24) is 0 Å². The number of aryl methyl sites for hydroxylation is 1. The van der Waals surface area contributed by atoms with E-state index in [0.717, 1.165) is 24.2 Å². The summed E-state index contributed by atoms with van der Waals surface area (Å²) < 4.78 is 5.45. The van der Waals surface area contributed by atoms with Crippen molar-refractivity contribution in [1.29, 1.82) is 0 Å². The number of benzene rings is 2. The van der Waals surface area contributed by atoms with Gasteiger partial charge < -0.3 is 10.5 Å². The molecule has 2 aromatic rings. The minimum Gasteiger partial charge on any atom is -0.496 e. The fraction of sp³-hybridized carbons (Fsp3) is 0.417. The Hall–Kier alpha value is -2.06. The van der Waals surface area contributed by atoms with Gasteiger partial charge in [0.15, 0.2) is 0 Å². The number of hydrogen-bond donors (Lipinski definition) is 1. The van der Waals surface area contributed by atoms with Crippen LogP contribution in [0.25, 0.3) is 6.08 Å². The summed E-state index contributed by atoms with van der Waals surface area (Å²) >= 11 is 0. The van der Waals surface area contributed by atoms with Gasteiger partial charge >= 0.3 is 0 Å². The van der Waals surface area contributed by atoms with E-state index in [9.17, 15) is 0 Å². The van der Waals surface area contributed by atoms with E-state index < -0.39 is 0 Å². The summed E-state index contributed by atoms with van der Waals surface area (Å²) in [5.74, 6) is 2.23. The summed E-state index contributed by atoms with van der Waals surface area (Å²) in [5.41, 5.74) is 11.9. The number of nitrogens with two attached hydrogens (primary N) is 1. The summed E-state index contributed by atoms with van der Waals surface area (Å²) in [5, 5.41) is 0. The van der Waals surface area contributed by atoms with Crippen LogP contribution in [-0.4, -0.2) is 13.2 Å². The zero-order valence-electron chi connectivity index (χ0n) is 15.7. The molecule has 0 aliphatic heterocycles. The second-order valence-corrected chi connectivity index (χ2v) is 7.90. The van der Waals surface area contributed by atoms with Crippen LogP contribution in [0.4, 0.5) is 0 Å². The molecule has 26 heavy (non-hydrogen) atoms. The van der Waals surface area contributed by atoms with Crippen LogP contribution in [0.1, 0.15) is 53.9 Å². The van der Waals surface area contributed by atoms with Crippen molar-refractivity contribution >= 4 is 6.08 Å². The van der Waals surface area contributed by atoms with Gasteiger partial charge in [-0.15, -0.1) is 0 Å². The van der Waals surface area contributed by atoms with Gasteiger partial charge in [-0.25, -0.2) is 0 Å². The first-order valence-electron chi connectivity index (χ1n) is 9.91. The molecule has 1 fully saturated rings. The second-order valence-electron chi connectivity index (χ2n) is 7.90. The van der Waals surface area contributed by atoms with Crippen LogP contribution >= 0.6 is 0 Å². The van der Waals surface area contributed by atoms with Gasteiger partial charge in [0, 0.05) is 11.6 Å². The molecule has 2 aliphatic rings. The Morgan fingerprint density at radius 3 is 2.73 bits per heavy atom. The third kappa shape index (κ3) is 3.71. The van der Waals surface area contributed by atoms with E-state index in [2.05, 4.69) is 42.5 Å². The van der Waals surface area contributed by atoms with Crippen LogP contribution in [0.2, 0.25) is 0 Å². The molecule has 0 radical (unpaired) electrons. The first-order chi connectivity index (χ1) is 12.7. The average Bonchev–Trinajstić information content (AvgIpc) is 3.12. The van der Waals surface area contributed by atoms with Gasteiger partial charge in [-0.1, -0.05) is 48.6 Å². The van der Waals surface area contributed by atoms with Crippen molar-refractivity contribution in [2.24, 2.45) is 11.7 Å². The van der Waals surface area contributed by atoms with Crippen molar-refractivity contribution in [3.63, 3.8) is 0 Å². The van der Waals surface area contributed by atoms with E-state index in [4.69, 9.17) is 10.5 Å². The molecule has 4 rings (SSSR count). The van der Waals surface area contributed by atoms with Gasteiger partial charge in [0.1, 0.15) is 5.75 Å². The Kier molecular flexibility index (Phi) is 5.12. The van der Waals surface area contributed by atoms with Crippen LogP contribution in [0.3, 0.4) is 0 Å². The number of hydrogen-bond acceptors (Lipinski definition) is 2. The lowest BCUT2D eigenvalue weighted by Crippen LogP contribution is -2.15. The molecule has 2 aliphatic carbocycles. The molecule has 136 valence electrons. The van der Waals surface area contributed by atoms with Gasteiger partial charge in [-0.05, 0) is 73.1 Å². The highest BCUT2D eigenvalue weighted by Gasteiger charge is 2.24. The minimum absolute atomic E-state index is 0.403. The van der Waals surface area contributed by atoms with Gasteiger partial charge in [0.25, 0.3) is 0 Å². The average molecular weight is 348 g/mol. The van der Waals surface area contributed by atoms with Crippen molar-refractivity contribution in [3.05, 3.63) is 70.8 Å².